The van der Waals surface area contributed by atoms with Crippen molar-refractivity contribution in [2.45, 2.75) is 32.7 Å². The van der Waals surface area contributed by atoms with Gasteiger partial charge < -0.3 is 14.2 Å². The van der Waals surface area contributed by atoms with Crippen molar-refractivity contribution in [3.63, 3.8) is 0 Å². The molecule has 5 nitrogen and oxygen atoms in total. The maximum Gasteiger partial charge on any atom is 0.227 e. The molecule has 3 aromatic carbocycles. The van der Waals surface area contributed by atoms with E-state index in [0.717, 1.165) is 32.8 Å². The van der Waals surface area contributed by atoms with Gasteiger partial charge in [-0.1, -0.05) is 46.3 Å². The molecule has 1 fully saturated rings. The Kier molecular flexibility index (Phi) is 5.94. The first-order chi connectivity index (χ1) is 16.0. The van der Waals surface area contributed by atoms with E-state index in [0.29, 0.717) is 26.1 Å². The summed E-state index contributed by atoms with van der Waals surface area (Å²) < 4.78 is 9.34. The molecular weight excluding hydrogens is 478 g/mol. The van der Waals surface area contributed by atoms with Crippen molar-refractivity contribution in [3.8, 4) is 5.75 Å². The first-order valence-corrected chi connectivity index (χ1v) is 12.0. The van der Waals surface area contributed by atoms with E-state index in [-0.39, 0.29) is 11.8 Å². The summed E-state index contributed by atoms with van der Waals surface area (Å²) in [5.74, 6) is 2.03. The normalized spacial score (nSPS) is 16.0. The van der Waals surface area contributed by atoms with Crippen LogP contribution in [-0.2, 0) is 11.3 Å². The third-order valence-electron chi connectivity index (χ3n) is 6.42. The smallest absolute Gasteiger partial charge is 0.227 e. The van der Waals surface area contributed by atoms with Gasteiger partial charge in [0, 0.05) is 29.0 Å². The van der Waals surface area contributed by atoms with Crippen LogP contribution in [0.2, 0.25) is 0 Å². The van der Waals surface area contributed by atoms with Gasteiger partial charge in [-0.15, -0.1) is 0 Å². The van der Waals surface area contributed by atoms with Crippen molar-refractivity contribution in [1.29, 1.82) is 0 Å². The standard InChI is InChI=1S/C27H26BrN3O2/c1-18-7-5-12-25(19(18)2)33-14-13-30-24-11-4-3-10-23(24)29-27(30)20-15-26(32)31(17-20)22-9-6-8-21(28)16-22/h3-12,16,20H,13-15,17H2,1-2H3. The van der Waals surface area contributed by atoms with Crippen molar-refractivity contribution < 1.29 is 9.53 Å². The van der Waals surface area contributed by atoms with Gasteiger partial charge in [0.05, 0.1) is 17.6 Å². The molecule has 0 bridgehead atoms. The molecule has 2 heterocycles. The Balaban J connectivity index is 1.41. The van der Waals surface area contributed by atoms with E-state index in [4.69, 9.17) is 9.72 Å². The topological polar surface area (TPSA) is 47.4 Å². The summed E-state index contributed by atoms with van der Waals surface area (Å²) in [7, 11) is 0. The van der Waals surface area contributed by atoms with E-state index < -0.39 is 0 Å². The van der Waals surface area contributed by atoms with E-state index in [9.17, 15) is 4.79 Å². The number of para-hydroxylation sites is 2. The quantitative estimate of drug-likeness (QED) is 0.323. The lowest BCUT2D eigenvalue weighted by molar-refractivity contribution is -0.117. The van der Waals surface area contributed by atoms with E-state index in [1.165, 1.54) is 11.1 Å². The lowest BCUT2D eigenvalue weighted by Crippen LogP contribution is -2.24. The molecular formula is C27H26BrN3O2. The van der Waals surface area contributed by atoms with Crippen LogP contribution in [-0.4, -0.2) is 28.6 Å². The molecule has 0 spiro atoms. The van der Waals surface area contributed by atoms with E-state index in [1.54, 1.807) is 0 Å². The van der Waals surface area contributed by atoms with Gasteiger partial charge in [-0.3, -0.25) is 4.79 Å². The van der Waals surface area contributed by atoms with E-state index in [1.807, 2.05) is 59.5 Å². The van der Waals surface area contributed by atoms with Gasteiger partial charge in [0.2, 0.25) is 5.91 Å². The van der Waals surface area contributed by atoms with Crippen LogP contribution in [0.5, 0.6) is 5.75 Å². The van der Waals surface area contributed by atoms with Gasteiger partial charge in [0.15, 0.2) is 0 Å². The highest BCUT2D eigenvalue weighted by Crippen LogP contribution is 2.34. The highest BCUT2D eigenvalue weighted by molar-refractivity contribution is 9.10. The van der Waals surface area contributed by atoms with Gasteiger partial charge in [-0.05, 0) is 61.4 Å². The van der Waals surface area contributed by atoms with Crippen molar-refractivity contribution in [2.24, 2.45) is 0 Å². The van der Waals surface area contributed by atoms with Crippen LogP contribution in [0.3, 0.4) is 0 Å². The molecule has 1 saturated heterocycles. The van der Waals surface area contributed by atoms with Crippen LogP contribution in [0.4, 0.5) is 5.69 Å². The lowest BCUT2D eigenvalue weighted by Gasteiger charge is -2.18. The molecule has 1 unspecified atom stereocenters. The number of carbonyl (C=O) groups excluding carboxylic acids is 1. The molecule has 1 atom stereocenters. The summed E-state index contributed by atoms with van der Waals surface area (Å²) in [5.41, 5.74) is 5.33. The van der Waals surface area contributed by atoms with Crippen LogP contribution in [0, 0.1) is 13.8 Å². The van der Waals surface area contributed by atoms with E-state index >= 15 is 0 Å². The third-order valence-corrected chi connectivity index (χ3v) is 6.91. The molecule has 4 aromatic rings. The van der Waals surface area contributed by atoms with Gasteiger partial charge in [0.1, 0.15) is 18.2 Å². The molecule has 1 amide bonds. The Hall–Kier alpha value is -3.12. The molecule has 0 aliphatic carbocycles. The van der Waals surface area contributed by atoms with Gasteiger partial charge in [0.25, 0.3) is 0 Å². The SMILES string of the molecule is Cc1cccc(OCCn2c(C3CC(=O)N(c4cccc(Br)c4)C3)nc3ccccc32)c1C. The van der Waals surface area contributed by atoms with Crippen LogP contribution >= 0.6 is 15.9 Å². The summed E-state index contributed by atoms with van der Waals surface area (Å²) in [6.07, 6.45) is 0.452. The summed E-state index contributed by atoms with van der Waals surface area (Å²) in [6, 6.07) is 22.2. The zero-order chi connectivity index (χ0) is 22.9. The fraction of sp³-hybridized carbons (Fsp3) is 0.259. The fourth-order valence-corrected chi connectivity index (χ4v) is 4.93. The lowest BCUT2D eigenvalue weighted by atomic mass is 10.1. The Bertz CT molecular complexity index is 1330. The number of nitrogens with zero attached hydrogens (tertiary/aromatic N) is 3. The molecule has 1 aliphatic heterocycles. The number of rotatable bonds is 6. The summed E-state index contributed by atoms with van der Waals surface area (Å²) in [4.78, 5) is 19.7. The van der Waals surface area contributed by atoms with Crippen molar-refractivity contribution in [2.75, 3.05) is 18.1 Å². The number of imidazole rings is 1. The summed E-state index contributed by atoms with van der Waals surface area (Å²) in [6.45, 7) is 6.01. The average Bonchev–Trinajstić information content (AvgIpc) is 3.37. The number of fused-ring (bicyclic) bond motifs is 1. The number of amides is 1. The second kappa shape index (κ2) is 9.02. The van der Waals surface area contributed by atoms with Crippen molar-refractivity contribution in [1.82, 2.24) is 9.55 Å². The van der Waals surface area contributed by atoms with Crippen molar-refractivity contribution in [3.05, 3.63) is 88.2 Å². The van der Waals surface area contributed by atoms with Crippen LogP contribution in [0.15, 0.2) is 71.2 Å². The van der Waals surface area contributed by atoms with E-state index in [2.05, 4.69) is 46.5 Å². The Morgan fingerprint density at radius 2 is 1.88 bits per heavy atom. The number of benzene rings is 3. The average molecular weight is 504 g/mol. The second-order valence-corrected chi connectivity index (χ2v) is 9.46. The van der Waals surface area contributed by atoms with Crippen LogP contribution in [0.25, 0.3) is 11.0 Å². The minimum atomic E-state index is 0.0320. The highest BCUT2D eigenvalue weighted by atomic mass is 79.9. The third kappa shape index (κ3) is 4.27. The van der Waals surface area contributed by atoms with Crippen molar-refractivity contribution >= 4 is 38.6 Å². The molecule has 1 aliphatic rings. The molecule has 1 aromatic heterocycles. The molecule has 33 heavy (non-hydrogen) atoms. The molecule has 6 heteroatoms. The van der Waals surface area contributed by atoms with Gasteiger partial charge in [-0.25, -0.2) is 4.98 Å². The molecule has 0 saturated carbocycles. The summed E-state index contributed by atoms with van der Waals surface area (Å²) in [5, 5.41) is 0. The maximum absolute atomic E-state index is 12.9. The number of ether oxygens (including phenoxy) is 1. The summed E-state index contributed by atoms with van der Waals surface area (Å²) >= 11 is 3.51. The first-order valence-electron chi connectivity index (χ1n) is 11.2. The Morgan fingerprint density at radius 3 is 2.73 bits per heavy atom. The minimum absolute atomic E-state index is 0.0320. The number of carbonyl (C=O) groups is 1. The highest BCUT2D eigenvalue weighted by Gasteiger charge is 2.34. The second-order valence-electron chi connectivity index (χ2n) is 8.54. The fourth-order valence-electron chi connectivity index (χ4n) is 4.54. The number of anilines is 1. The minimum Gasteiger partial charge on any atom is -0.491 e. The van der Waals surface area contributed by atoms with Gasteiger partial charge >= 0.3 is 0 Å². The first kappa shape index (κ1) is 21.7. The molecule has 0 radical (unpaired) electrons. The maximum atomic E-state index is 12.9. The molecule has 5 rings (SSSR count). The Labute approximate surface area is 202 Å². The zero-order valence-electron chi connectivity index (χ0n) is 18.8. The van der Waals surface area contributed by atoms with Crippen LogP contribution < -0.4 is 9.64 Å². The number of aromatic nitrogens is 2. The number of hydrogen-bond donors (Lipinski definition) is 0. The Morgan fingerprint density at radius 1 is 1.06 bits per heavy atom. The zero-order valence-corrected chi connectivity index (χ0v) is 20.4. The monoisotopic (exact) mass is 503 g/mol. The predicted octanol–water partition coefficient (Wildman–Crippen LogP) is 6.02. The van der Waals surface area contributed by atoms with Gasteiger partial charge in [-0.2, -0.15) is 0 Å². The largest absolute Gasteiger partial charge is 0.491 e. The molecule has 0 N–H and O–H groups in total. The predicted molar refractivity (Wildman–Crippen MR) is 135 cm³/mol. The number of hydrogen-bond acceptors (Lipinski definition) is 3. The molecule has 168 valence electrons. The number of aryl methyl sites for hydroxylation is 1. The number of halogens is 1. The van der Waals surface area contributed by atoms with Crippen LogP contribution in [0.1, 0.15) is 29.3 Å².